The minimum absolute atomic E-state index is 0.866. The standard InChI is InChI=1S/C18H13BrN2S/c19-16-11-12-22-17(16)13-20-21-18(14-7-3-1-4-8-14)15-9-5-2-6-10-15/h1-13H/b20-13-. The van der Waals surface area contributed by atoms with Gasteiger partial charge in [-0.25, -0.2) is 0 Å². The van der Waals surface area contributed by atoms with Crippen LogP contribution in [0, 0.1) is 0 Å². The van der Waals surface area contributed by atoms with Gasteiger partial charge in [0.05, 0.1) is 11.1 Å². The first-order chi connectivity index (χ1) is 10.8. The van der Waals surface area contributed by atoms with Gasteiger partial charge in [0.1, 0.15) is 5.71 Å². The second-order valence-corrected chi connectivity index (χ2v) is 6.36. The lowest BCUT2D eigenvalue weighted by Gasteiger charge is -2.04. The van der Waals surface area contributed by atoms with Crippen LogP contribution in [0.4, 0.5) is 0 Å². The monoisotopic (exact) mass is 368 g/mol. The Morgan fingerprint density at radius 2 is 1.45 bits per heavy atom. The summed E-state index contributed by atoms with van der Waals surface area (Å²) in [4.78, 5) is 1.06. The van der Waals surface area contributed by atoms with Gasteiger partial charge in [-0.2, -0.15) is 5.10 Å². The Labute approximate surface area is 142 Å². The molecule has 0 aliphatic carbocycles. The summed E-state index contributed by atoms with van der Waals surface area (Å²) in [6.45, 7) is 0. The molecule has 0 spiro atoms. The Balaban J connectivity index is 1.97. The van der Waals surface area contributed by atoms with Crippen molar-refractivity contribution in [2.45, 2.75) is 0 Å². The number of rotatable bonds is 4. The maximum Gasteiger partial charge on any atom is 0.100 e. The van der Waals surface area contributed by atoms with Crippen molar-refractivity contribution in [3.05, 3.63) is 92.6 Å². The zero-order valence-electron chi connectivity index (χ0n) is 11.7. The highest BCUT2D eigenvalue weighted by Gasteiger charge is 2.05. The van der Waals surface area contributed by atoms with Gasteiger partial charge in [-0.1, -0.05) is 60.7 Å². The summed E-state index contributed by atoms with van der Waals surface area (Å²) in [5.74, 6) is 0. The molecule has 0 saturated heterocycles. The van der Waals surface area contributed by atoms with Gasteiger partial charge in [-0.15, -0.1) is 16.4 Å². The fourth-order valence-corrected chi connectivity index (χ4v) is 3.34. The molecule has 0 aliphatic heterocycles. The molecule has 1 heterocycles. The van der Waals surface area contributed by atoms with Crippen molar-refractivity contribution >= 4 is 39.2 Å². The maximum atomic E-state index is 4.45. The molecule has 1 aromatic heterocycles. The molecule has 0 aliphatic rings. The number of thiophene rings is 1. The van der Waals surface area contributed by atoms with Gasteiger partial charge in [0.15, 0.2) is 0 Å². The SMILES string of the molecule is Brc1ccsc1/C=N\N=C(c1ccccc1)c1ccccc1. The Morgan fingerprint density at radius 3 is 1.95 bits per heavy atom. The molecule has 2 nitrogen and oxygen atoms in total. The fourth-order valence-electron chi connectivity index (χ4n) is 2.01. The fraction of sp³-hybridized carbons (Fsp3) is 0. The molecule has 22 heavy (non-hydrogen) atoms. The highest BCUT2D eigenvalue weighted by Crippen LogP contribution is 2.20. The molecule has 2 aromatic carbocycles. The molecule has 0 amide bonds. The summed E-state index contributed by atoms with van der Waals surface area (Å²) in [6, 6.07) is 22.2. The first-order valence-corrected chi connectivity index (χ1v) is 8.47. The summed E-state index contributed by atoms with van der Waals surface area (Å²) < 4.78 is 1.04. The topological polar surface area (TPSA) is 24.7 Å². The van der Waals surface area contributed by atoms with Crippen molar-refractivity contribution in [2.24, 2.45) is 10.2 Å². The van der Waals surface area contributed by atoms with E-state index in [9.17, 15) is 0 Å². The lowest BCUT2D eigenvalue weighted by molar-refractivity contribution is 1.24. The predicted octanol–water partition coefficient (Wildman–Crippen LogP) is 5.38. The summed E-state index contributed by atoms with van der Waals surface area (Å²) in [5, 5.41) is 10.7. The summed E-state index contributed by atoms with van der Waals surface area (Å²) >= 11 is 5.12. The van der Waals surface area contributed by atoms with Crippen molar-refractivity contribution < 1.29 is 0 Å². The number of benzene rings is 2. The molecule has 0 bridgehead atoms. The van der Waals surface area contributed by atoms with Gasteiger partial charge < -0.3 is 0 Å². The van der Waals surface area contributed by atoms with Crippen LogP contribution in [0.1, 0.15) is 16.0 Å². The first kappa shape index (κ1) is 14.9. The zero-order valence-corrected chi connectivity index (χ0v) is 14.1. The lowest BCUT2D eigenvalue weighted by Crippen LogP contribution is -2.02. The molecular formula is C18H13BrN2S. The molecule has 0 radical (unpaired) electrons. The Kier molecular flexibility index (Phi) is 4.93. The van der Waals surface area contributed by atoms with Gasteiger partial charge >= 0.3 is 0 Å². The molecule has 0 fully saturated rings. The zero-order chi connectivity index (χ0) is 15.2. The molecule has 0 atom stereocenters. The van der Waals surface area contributed by atoms with Gasteiger partial charge in [0, 0.05) is 15.6 Å². The van der Waals surface area contributed by atoms with E-state index in [-0.39, 0.29) is 0 Å². The van der Waals surface area contributed by atoms with E-state index in [1.165, 1.54) is 0 Å². The second kappa shape index (κ2) is 7.29. The average Bonchev–Trinajstić information content (AvgIpc) is 2.98. The van der Waals surface area contributed by atoms with E-state index < -0.39 is 0 Å². The Morgan fingerprint density at radius 1 is 0.864 bits per heavy atom. The van der Waals surface area contributed by atoms with E-state index in [1.54, 1.807) is 17.6 Å². The molecule has 0 unspecified atom stereocenters. The summed E-state index contributed by atoms with van der Waals surface area (Å²) in [5.41, 5.74) is 2.97. The van der Waals surface area contributed by atoms with Crippen molar-refractivity contribution in [3.63, 3.8) is 0 Å². The van der Waals surface area contributed by atoms with E-state index in [4.69, 9.17) is 0 Å². The quantitative estimate of drug-likeness (QED) is 0.436. The molecule has 3 rings (SSSR count). The lowest BCUT2D eigenvalue weighted by atomic mass is 10.0. The Hall–Kier alpha value is -2.04. The van der Waals surface area contributed by atoms with Gasteiger partial charge in [-0.3, -0.25) is 0 Å². The highest BCUT2D eigenvalue weighted by molar-refractivity contribution is 9.10. The average molecular weight is 369 g/mol. The van der Waals surface area contributed by atoms with Crippen LogP contribution >= 0.6 is 27.3 Å². The molecule has 0 N–H and O–H groups in total. The van der Waals surface area contributed by atoms with Gasteiger partial charge in [0.2, 0.25) is 0 Å². The first-order valence-electron chi connectivity index (χ1n) is 6.79. The minimum atomic E-state index is 0.866. The van der Waals surface area contributed by atoms with E-state index in [2.05, 4.69) is 26.1 Å². The molecule has 108 valence electrons. The smallest absolute Gasteiger partial charge is 0.100 e. The third-order valence-electron chi connectivity index (χ3n) is 3.07. The second-order valence-electron chi connectivity index (χ2n) is 4.56. The van der Waals surface area contributed by atoms with E-state index in [0.717, 1.165) is 26.2 Å². The van der Waals surface area contributed by atoms with Crippen molar-refractivity contribution in [3.8, 4) is 0 Å². The highest BCUT2D eigenvalue weighted by atomic mass is 79.9. The van der Waals surface area contributed by atoms with Gasteiger partial charge in [0.25, 0.3) is 0 Å². The number of halogens is 1. The maximum absolute atomic E-state index is 4.45. The number of nitrogens with zero attached hydrogens (tertiary/aromatic N) is 2. The van der Waals surface area contributed by atoms with Crippen LogP contribution in [0.2, 0.25) is 0 Å². The van der Waals surface area contributed by atoms with Crippen LogP contribution in [-0.2, 0) is 0 Å². The van der Waals surface area contributed by atoms with Crippen LogP contribution in [0.5, 0.6) is 0 Å². The van der Waals surface area contributed by atoms with Crippen molar-refractivity contribution in [1.82, 2.24) is 0 Å². The largest absolute Gasteiger partial charge is 0.157 e. The molecule has 4 heteroatoms. The normalized spacial score (nSPS) is 10.8. The summed E-state index contributed by atoms with van der Waals surface area (Å²) in [6.07, 6.45) is 1.78. The van der Waals surface area contributed by atoms with Crippen LogP contribution < -0.4 is 0 Å². The van der Waals surface area contributed by atoms with Crippen LogP contribution in [0.15, 0.2) is 86.8 Å². The third kappa shape index (κ3) is 3.59. The number of hydrogen-bond donors (Lipinski definition) is 0. The molecule has 3 aromatic rings. The van der Waals surface area contributed by atoms with Crippen LogP contribution in [-0.4, -0.2) is 11.9 Å². The summed E-state index contributed by atoms with van der Waals surface area (Å²) in [7, 11) is 0. The van der Waals surface area contributed by atoms with Crippen LogP contribution in [0.3, 0.4) is 0 Å². The number of hydrogen-bond acceptors (Lipinski definition) is 3. The van der Waals surface area contributed by atoms with Crippen LogP contribution in [0.25, 0.3) is 0 Å². The Bertz CT molecular complexity index is 751. The van der Waals surface area contributed by atoms with E-state index in [1.807, 2.05) is 72.1 Å². The molecular weight excluding hydrogens is 356 g/mol. The van der Waals surface area contributed by atoms with E-state index in [0.29, 0.717) is 0 Å². The van der Waals surface area contributed by atoms with E-state index >= 15 is 0 Å². The third-order valence-corrected chi connectivity index (χ3v) is 4.88. The van der Waals surface area contributed by atoms with Crippen molar-refractivity contribution in [1.29, 1.82) is 0 Å². The predicted molar refractivity (Wildman–Crippen MR) is 98.1 cm³/mol. The minimum Gasteiger partial charge on any atom is -0.157 e. The van der Waals surface area contributed by atoms with Gasteiger partial charge in [-0.05, 0) is 27.4 Å². The molecule has 0 saturated carbocycles. The van der Waals surface area contributed by atoms with Crippen molar-refractivity contribution in [2.75, 3.05) is 0 Å².